The second-order valence-electron chi connectivity index (χ2n) is 5.70. The molecule has 1 aromatic rings. The molecule has 0 aliphatic carbocycles. The summed E-state index contributed by atoms with van der Waals surface area (Å²) in [5.74, 6) is 0.467. The topological polar surface area (TPSA) is 35.5 Å². The minimum atomic E-state index is 0.322. The van der Waals surface area contributed by atoms with Crippen LogP contribution in [0.4, 0.5) is 0 Å². The molecule has 2 N–H and O–H groups in total. The Morgan fingerprint density at radius 3 is 3.05 bits per heavy atom. The number of nitrogens with zero attached hydrogens (tertiary/aromatic N) is 1. The van der Waals surface area contributed by atoms with Crippen LogP contribution in [0.2, 0.25) is 5.02 Å². The fourth-order valence-corrected chi connectivity index (χ4v) is 3.13. The number of aliphatic hydroxyl groups is 1. The summed E-state index contributed by atoms with van der Waals surface area (Å²) >= 11 is 6.22. The lowest BCUT2D eigenvalue weighted by molar-refractivity contribution is 0.121. The maximum atomic E-state index is 9.23. The first-order chi connectivity index (χ1) is 9.70. The van der Waals surface area contributed by atoms with E-state index in [0.29, 0.717) is 12.5 Å². The third kappa shape index (κ3) is 4.45. The largest absolute Gasteiger partial charge is 0.396 e. The van der Waals surface area contributed by atoms with E-state index in [-0.39, 0.29) is 0 Å². The second kappa shape index (κ2) is 7.99. The smallest absolute Gasteiger partial charge is 0.0471 e. The molecule has 1 fully saturated rings. The van der Waals surface area contributed by atoms with Crippen LogP contribution in [0.15, 0.2) is 18.2 Å². The van der Waals surface area contributed by atoms with E-state index in [4.69, 9.17) is 11.6 Å². The van der Waals surface area contributed by atoms with E-state index >= 15 is 0 Å². The van der Waals surface area contributed by atoms with Crippen molar-refractivity contribution >= 4 is 11.6 Å². The van der Waals surface area contributed by atoms with E-state index in [1.165, 1.54) is 24.0 Å². The van der Waals surface area contributed by atoms with Crippen LogP contribution in [-0.2, 0) is 6.54 Å². The normalized spacial score (nSPS) is 20.2. The van der Waals surface area contributed by atoms with Gasteiger partial charge in [-0.2, -0.15) is 0 Å². The Labute approximate surface area is 126 Å². The molecule has 0 radical (unpaired) electrons. The minimum absolute atomic E-state index is 0.322. The number of rotatable bonds is 6. The quantitative estimate of drug-likeness (QED) is 0.792. The Morgan fingerprint density at radius 2 is 2.30 bits per heavy atom. The number of aryl methyl sites for hydroxylation is 1. The van der Waals surface area contributed by atoms with Crippen LogP contribution in [0.1, 0.15) is 24.0 Å². The highest BCUT2D eigenvalue weighted by molar-refractivity contribution is 6.31. The average molecular weight is 297 g/mol. The van der Waals surface area contributed by atoms with Crippen molar-refractivity contribution in [3.63, 3.8) is 0 Å². The van der Waals surface area contributed by atoms with Gasteiger partial charge in [-0.15, -0.1) is 0 Å². The standard InChI is InChI=1S/C16H25ClN2O/c1-13-4-2-6-16(17)15(13)10-18-7-9-19-8-3-5-14(11-19)12-20/h2,4,6,14,18,20H,3,5,7-12H2,1H3. The van der Waals surface area contributed by atoms with Crippen molar-refractivity contribution in [1.29, 1.82) is 0 Å². The van der Waals surface area contributed by atoms with Gasteiger partial charge in [0, 0.05) is 37.8 Å². The van der Waals surface area contributed by atoms with E-state index in [2.05, 4.69) is 23.2 Å². The Kier molecular flexibility index (Phi) is 6.30. The number of nitrogens with one attached hydrogen (secondary N) is 1. The molecule has 0 spiro atoms. The molecule has 1 aliphatic rings. The molecule has 1 aliphatic heterocycles. The molecule has 0 aromatic heterocycles. The fraction of sp³-hybridized carbons (Fsp3) is 0.625. The van der Waals surface area contributed by atoms with Gasteiger partial charge in [0.05, 0.1) is 0 Å². The highest BCUT2D eigenvalue weighted by atomic mass is 35.5. The van der Waals surface area contributed by atoms with E-state index < -0.39 is 0 Å². The van der Waals surface area contributed by atoms with Gasteiger partial charge < -0.3 is 15.3 Å². The van der Waals surface area contributed by atoms with Gasteiger partial charge in [-0.05, 0) is 49.4 Å². The SMILES string of the molecule is Cc1cccc(Cl)c1CNCCN1CCCC(CO)C1. The first kappa shape index (κ1) is 15.8. The number of likely N-dealkylation sites (tertiary alicyclic amines) is 1. The number of aliphatic hydroxyl groups excluding tert-OH is 1. The third-order valence-corrected chi connectivity index (χ3v) is 4.48. The summed E-state index contributed by atoms with van der Waals surface area (Å²) in [6, 6.07) is 6.03. The van der Waals surface area contributed by atoms with Gasteiger partial charge in [0.15, 0.2) is 0 Å². The van der Waals surface area contributed by atoms with Crippen molar-refractivity contribution in [2.24, 2.45) is 5.92 Å². The highest BCUT2D eigenvalue weighted by Crippen LogP contribution is 2.19. The number of hydrogen-bond acceptors (Lipinski definition) is 3. The van der Waals surface area contributed by atoms with Crippen LogP contribution in [-0.4, -0.2) is 42.8 Å². The monoisotopic (exact) mass is 296 g/mol. The molecule has 0 amide bonds. The molecule has 1 heterocycles. The molecule has 0 bridgehead atoms. The van der Waals surface area contributed by atoms with Crippen LogP contribution < -0.4 is 5.32 Å². The molecule has 1 atom stereocenters. The predicted octanol–water partition coefficient (Wildman–Crippen LogP) is 2.44. The molecule has 20 heavy (non-hydrogen) atoms. The van der Waals surface area contributed by atoms with E-state index in [9.17, 15) is 5.11 Å². The first-order valence-corrected chi connectivity index (χ1v) is 7.86. The van der Waals surface area contributed by atoms with E-state index in [1.54, 1.807) is 0 Å². The molecule has 1 aromatic carbocycles. The van der Waals surface area contributed by atoms with Crippen LogP contribution in [0, 0.1) is 12.8 Å². The maximum absolute atomic E-state index is 9.23. The zero-order valence-corrected chi connectivity index (χ0v) is 13.0. The Morgan fingerprint density at radius 1 is 1.45 bits per heavy atom. The van der Waals surface area contributed by atoms with Gasteiger partial charge in [0.25, 0.3) is 0 Å². The number of halogens is 1. The average Bonchev–Trinajstić information content (AvgIpc) is 2.46. The summed E-state index contributed by atoms with van der Waals surface area (Å²) < 4.78 is 0. The number of benzene rings is 1. The number of piperidine rings is 1. The summed E-state index contributed by atoms with van der Waals surface area (Å²) in [4.78, 5) is 2.44. The van der Waals surface area contributed by atoms with Crippen molar-refractivity contribution in [1.82, 2.24) is 10.2 Å². The van der Waals surface area contributed by atoms with Gasteiger partial charge in [-0.25, -0.2) is 0 Å². The van der Waals surface area contributed by atoms with Crippen molar-refractivity contribution in [2.75, 3.05) is 32.8 Å². The van der Waals surface area contributed by atoms with Crippen LogP contribution in [0.3, 0.4) is 0 Å². The lowest BCUT2D eigenvalue weighted by atomic mass is 9.99. The fourth-order valence-electron chi connectivity index (χ4n) is 2.84. The molecule has 0 saturated carbocycles. The first-order valence-electron chi connectivity index (χ1n) is 7.48. The summed E-state index contributed by atoms with van der Waals surface area (Å²) in [6.07, 6.45) is 2.37. The highest BCUT2D eigenvalue weighted by Gasteiger charge is 2.18. The molecule has 112 valence electrons. The number of hydrogen-bond donors (Lipinski definition) is 2. The maximum Gasteiger partial charge on any atom is 0.0471 e. The summed E-state index contributed by atoms with van der Waals surface area (Å²) in [5, 5.41) is 13.6. The lowest BCUT2D eigenvalue weighted by Gasteiger charge is -2.31. The Bertz CT molecular complexity index is 405. The summed E-state index contributed by atoms with van der Waals surface area (Å²) in [5.41, 5.74) is 2.43. The van der Waals surface area contributed by atoms with Gasteiger partial charge in [0.1, 0.15) is 0 Å². The molecule has 1 saturated heterocycles. The second-order valence-corrected chi connectivity index (χ2v) is 6.11. The Balaban J connectivity index is 1.71. The van der Waals surface area contributed by atoms with Crippen molar-refractivity contribution in [3.05, 3.63) is 34.3 Å². The van der Waals surface area contributed by atoms with E-state index in [1.807, 2.05) is 12.1 Å². The minimum Gasteiger partial charge on any atom is -0.396 e. The molecule has 3 nitrogen and oxygen atoms in total. The zero-order chi connectivity index (χ0) is 14.4. The lowest BCUT2D eigenvalue weighted by Crippen LogP contribution is -2.40. The third-order valence-electron chi connectivity index (χ3n) is 4.12. The molecular weight excluding hydrogens is 272 g/mol. The van der Waals surface area contributed by atoms with E-state index in [0.717, 1.165) is 37.7 Å². The Hall–Kier alpha value is -0.610. The van der Waals surface area contributed by atoms with Gasteiger partial charge in [-0.3, -0.25) is 0 Å². The molecule has 1 unspecified atom stereocenters. The molecular formula is C16H25ClN2O. The summed E-state index contributed by atoms with van der Waals surface area (Å²) in [6.45, 7) is 7.43. The van der Waals surface area contributed by atoms with Crippen LogP contribution in [0.25, 0.3) is 0 Å². The predicted molar refractivity (Wildman–Crippen MR) is 84.1 cm³/mol. The molecule has 4 heteroatoms. The van der Waals surface area contributed by atoms with Gasteiger partial charge >= 0.3 is 0 Å². The van der Waals surface area contributed by atoms with Gasteiger partial charge in [-0.1, -0.05) is 23.7 Å². The zero-order valence-electron chi connectivity index (χ0n) is 12.2. The van der Waals surface area contributed by atoms with Crippen LogP contribution >= 0.6 is 11.6 Å². The van der Waals surface area contributed by atoms with Crippen molar-refractivity contribution in [2.45, 2.75) is 26.3 Å². The van der Waals surface area contributed by atoms with Crippen molar-refractivity contribution < 1.29 is 5.11 Å². The molecule has 2 rings (SSSR count). The summed E-state index contributed by atoms with van der Waals surface area (Å²) in [7, 11) is 0. The van der Waals surface area contributed by atoms with Crippen LogP contribution in [0.5, 0.6) is 0 Å². The van der Waals surface area contributed by atoms with Crippen molar-refractivity contribution in [3.8, 4) is 0 Å². The van der Waals surface area contributed by atoms with Gasteiger partial charge in [0.2, 0.25) is 0 Å².